The molecule has 5 heteroatoms. The lowest BCUT2D eigenvalue weighted by molar-refractivity contribution is -0.139. The highest BCUT2D eigenvalue weighted by atomic mass is 16.2. The Hall–Kier alpha value is -3.99. The molecule has 0 spiro atoms. The molecule has 1 aliphatic heterocycles. The van der Waals surface area contributed by atoms with E-state index in [0.717, 1.165) is 21.5 Å². The van der Waals surface area contributed by atoms with Gasteiger partial charge in [0.05, 0.1) is 18.1 Å². The van der Waals surface area contributed by atoms with Gasteiger partial charge >= 0.3 is 0 Å². The SMILES string of the molecule is O=C1[C@@H]2C3c4ccccc4C(c4ccccc43)[C@H]2C(=O)N1/N=C\c1c[nH]c2ccccc12. The minimum Gasteiger partial charge on any atom is -0.361 e. The van der Waals surface area contributed by atoms with Crippen molar-refractivity contribution in [3.63, 3.8) is 0 Å². The summed E-state index contributed by atoms with van der Waals surface area (Å²) < 4.78 is 0. The summed E-state index contributed by atoms with van der Waals surface area (Å²) in [6, 6.07) is 24.4. The number of para-hydroxylation sites is 1. The van der Waals surface area contributed by atoms with E-state index in [1.807, 2.05) is 54.7 Å². The van der Waals surface area contributed by atoms with E-state index in [9.17, 15) is 9.59 Å². The fourth-order valence-corrected chi connectivity index (χ4v) is 6.10. The van der Waals surface area contributed by atoms with Crippen molar-refractivity contribution in [3.05, 3.63) is 107 Å². The van der Waals surface area contributed by atoms with Gasteiger partial charge in [0, 0.05) is 34.5 Å². The Morgan fingerprint density at radius 3 is 1.78 bits per heavy atom. The number of H-pyrrole nitrogens is 1. The second-order valence-corrected chi connectivity index (χ2v) is 8.79. The van der Waals surface area contributed by atoms with Gasteiger partial charge in [0.25, 0.3) is 11.8 Å². The van der Waals surface area contributed by atoms with Crippen LogP contribution in [0.4, 0.5) is 0 Å². The number of amides is 2. The molecule has 1 N–H and O–H groups in total. The third-order valence-corrected chi connectivity index (χ3v) is 7.36. The highest BCUT2D eigenvalue weighted by Gasteiger charge is 2.61. The van der Waals surface area contributed by atoms with Crippen molar-refractivity contribution in [2.45, 2.75) is 11.8 Å². The van der Waals surface area contributed by atoms with Gasteiger partial charge < -0.3 is 4.98 Å². The van der Waals surface area contributed by atoms with Gasteiger partial charge in [0.15, 0.2) is 0 Å². The first kappa shape index (κ1) is 17.7. The van der Waals surface area contributed by atoms with Crippen molar-refractivity contribution in [1.82, 2.24) is 9.99 Å². The number of rotatable bonds is 2. The van der Waals surface area contributed by atoms with Crippen molar-refractivity contribution >= 4 is 28.9 Å². The number of imide groups is 1. The van der Waals surface area contributed by atoms with E-state index in [1.54, 1.807) is 6.21 Å². The zero-order valence-corrected chi connectivity index (χ0v) is 17.1. The number of carbonyl (C=O) groups is 2. The molecule has 2 amide bonds. The molecule has 4 aliphatic rings. The number of fused-ring (bicyclic) bond motifs is 1. The Bertz CT molecular complexity index is 1350. The summed E-state index contributed by atoms with van der Waals surface area (Å²) >= 11 is 0. The predicted molar refractivity (Wildman–Crippen MR) is 121 cm³/mol. The maximum Gasteiger partial charge on any atom is 0.254 e. The number of hydrazone groups is 1. The van der Waals surface area contributed by atoms with E-state index < -0.39 is 11.8 Å². The van der Waals surface area contributed by atoms with Crippen LogP contribution in [0.3, 0.4) is 0 Å². The number of aromatic amines is 1. The fraction of sp³-hybridized carbons (Fsp3) is 0.148. The van der Waals surface area contributed by atoms with Crippen LogP contribution in [0.2, 0.25) is 0 Å². The number of aromatic nitrogens is 1. The number of nitrogens with one attached hydrogen (secondary N) is 1. The molecule has 2 heterocycles. The largest absolute Gasteiger partial charge is 0.361 e. The summed E-state index contributed by atoms with van der Waals surface area (Å²) in [5.41, 5.74) is 6.51. The van der Waals surface area contributed by atoms with Gasteiger partial charge in [0.2, 0.25) is 0 Å². The Morgan fingerprint density at radius 1 is 0.719 bits per heavy atom. The van der Waals surface area contributed by atoms with Crippen molar-refractivity contribution < 1.29 is 9.59 Å². The number of hydrogen-bond acceptors (Lipinski definition) is 3. The minimum atomic E-state index is -0.405. The molecular weight excluding hydrogens is 398 g/mol. The third-order valence-electron chi connectivity index (χ3n) is 7.36. The minimum absolute atomic E-state index is 0.109. The molecule has 2 atom stereocenters. The van der Waals surface area contributed by atoms with Crippen LogP contribution in [0.25, 0.3) is 10.9 Å². The Kier molecular flexibility index (Phi) is 3.46. The van der Waals surface area contributed by atoms with E-state index in [-0.39, 0.29) is 23.7 Å². The summed E-state index contributed by atoms with van der Waals surface area (Å²) in [5, 5.41) is 6.54. The summed E-state index contributed by atoms with van der Waals surface area (Å²) in [5.74, 6) is -1.43. The first-order valence-corrected chi connectivity index (χ1v) is 10.9. The van der Waals surface area contributed by atoms with Gasteiger partial charge in [-0.3, -0.25) is 9.59 Å². The molecule has 1 fully saturated rings. The van der Waals surface area contributed by atoms with Crippen molar-refractivity contribution in [3.8, 4) is 0 Å². The van der Waals surface area contributed by atoms with E-state index in [0.29, 0.717) is 0 Å². The van der Waals surface area contributed by atoms with E-state index in [2.05, 4.69) is 34.4 Å². The van der Waals surface area contributed by atoms with Crippen LogP contribution in [-0.2, 0) is 9.59 Å². The molecule has 1 aromatic heterocycles. The van der Waals surface area contributed by atoms with Crippen molar-refractivity contribution in [2.24, 2.45) is 16.9 Å². The van der Waals surface area contributed by atoms with Gasteiger partial charge in [-0.1, -0.05) is 66.7 Å². The zero-order valence-electron chi connectivity index (χ0n) is 17.1. The second-order valence-electron chi connectivity index (χ2n) is 8.79. The molecule has 5 nitrogen and oxygen atoms in total. The van der Waals surface area contributed by atoms with Crippen molar-refractivity contribution in [1.29, 1.82) is 0 Å². The standard InChI is InChI=1S/C27H19N3O2/c31-26-24-22-17-8-1-2-9-18(17)23(20-11-4-3-10-19(20)22)25(24)27(32)30(26)29-14-15-13-28-21-12-6-5-7-16(15)21/h1-14,22-25,28H/b29-14-/t22?,23?,24-,25-/m1/s1. The van der Waals surface area contributed by atoms with Crippen molar-refractivity contribution in [2.75, 3.05) is 0 Å². The lowest BCUT2D eigenvalue weighted by Gasteiger charge is -2.45. The quantitative estimate of drug-likeness (QED) is 0.388. The number of nitrogens with zero attached hydrogens (tertiary/aromatic N) is 2. The Labute approximate surface area is 184 Å². The predicted octanol–water partition coefficient (Wildman–Crippen LogP) is 4.39. The normalized spacial score (nSPS) is 25.4. The van der Waals surface area contributed by atoms with Crippen LogP contribution in [0, 0.1) is 11.8 Å². The molecular formula is C27H19N3O2. The van der Waals surface area contributed by atoms with Crippen LogP contribution in [0.15, 0.2) is 84.1 Å². The highest BCUT2D eigenvalue weighted by Crippen LogP contribution is 2.60. The molecule has 2 bridgehead atoms. The summed E-state index contributed by atoms with van der Waals surface area (Å²) in [6.07, 6.45) is 3.47. The average Bonchev–Trinajstić information content (AvgIpc) is 3.36. The number of benzene rings is 3. The first-order chi connectivity index (χ1) is 15.7. The van der Waals surface area contributed by atoms with E-state index >= 15 is 0 Å². The fourth-order valence-electron chi connectivity index (χ4n) is 6.10. The lowest BCUT2D eigenvalue weighted by atomic mass is 9.55. The van der Waals surface area contributed by atoms with Crippen LogP contribution < -0.4 is 0 Å². The molecule has 3 aliphatic carbocycles. The molecule has 3 aromatic carbocycles. The highest BCUT2D eigenvalue weighted by molar-refractivity contribution is 6.08. The molecule has 0 radical (unpaired) electrons. The maximum absolute atomic E-state index is 13.6. The second kappa shape index (κ2) is 6.26. The number of hydrogen-bond donors (Lipinski definition) is 1. The van der Waals surface area contributed by atoms with Crippen LogP contribution in [-0.4, -0.2) is 28.0 Å². The van der Waals surface area contributed by atoms with Gasteiger partial charge in [0.1, 0.15) is 0 Å². The average molecular weight is 417 g/mol. The van der Waals surface area contributed by atoms with Gasteiger partial charge in [-0.15, -0.1) is 0 Å². The molecule has 8 rings (SSSR count). The molecule has 154 valence electrons. The molecule has 1 saturated heterocycles. The van der Waals surface area contributed by atoms with E-state index in [4.69, 9.17) is 0 Å². The Balaban J connectivity index is 1.33. The van der Waals surface area contributed by atoms with Gasteiger partial charge in [-0.2, -0.15) is 10.1 Å². The summed E-state index contributed by atoms with van der Waals surface area (Å²) in [7, 11) is 0. The summed E-state index contributed by atoms with van der Waals surface area (Å²) in [4.78, 5) is 30.3. The number of carbonyl (C=O) groups excluding carboxylic acids is 2. The van der Waals surface area contributed by atoms with Crippen LogP contribution >= 0.6 is 0 Å². The van der Waals surface area contributed by atoms with E-state index in [1.165, 1.54) is 22.3 Å². The topological polar surface area (TPSA) is 65.5 Å². The third kappa shape index (κ3) is 2.15. The van der Waals surface area contributed by atoms with Gasteiger partial charge in [-0.05, 0) is 28.3 Å². The molecule has 4 aromatic rings. The monoisotopic (exact) mass is 417 g/mol. The molecule has 32 heavy (non-hydrogen) atoms. The summed E-state index contributed by atoms with van der Waals surface area (Å²) in [6.45, 7) is 0. The smallest absolute Gasteiger partial charge is 0.254 e. The lowest BCUT2D eigenvalue weighted by Crippen LogP contribution is -2.41. The zero-order chi connectivity index (χ0) is 21.4. The molecule has 0 unspecified atom stereocenters. The molecule has 0 saturated carbocycles. The Morgan fingerprint density at radius 2 is 1.22 bits per heavy atom. The van der Waals surface area contributed by atoms with Crippen LogP contribution in [0.5, 0.6) is 0 Å². The maximum atomic E-state index is 13.6. The first-order valence-electron chi connectivity index (χ1n) is 10.9. The van der Waals surface area contributed by atoms with Gasteiger partial charge in [-0.25, -0.2) is 0 Å². The van der Waals surface area contributed by atoms with Crippen LogP contribution in [0.1, 0.15) is 39.7 Å².